The molecule has 2 fully saturated rings. The normalized spacial score (nSPS) is 18.0. The topological polar surface area (TPSA) is 110 Å². The summed E-state index contributed by atoms with van der Waals surface area (Å²) >= 11 is 7.80. The lowest BCUT2D eigenvalue weighted by Gasteiger charge is -2.39. The fraction of sp³-hybridized carbons (Fsp3) is 0.455. The van der Waals surface area contributed by atoms with Crippen molar-refractivity contribution in [1.82, 2.24) is 19.7 Å². The van der Waals surface area contributed by atoms with E-state index >= 15 is 0 Å². The summed E-state index contributed by atoms with van der Waals surface area (Å²) in [4.78, 5) is 51.5. The molecular weight excluding hydrogens is 683 g/mol. The van der Waals surface area contributed by atoms with Gasteiger partial charge >= 0.3 is 18.3 Å². The van der Waals surface area contributed by atoms with Crippen LogP contribution in [-0.2, 0) is 28.5 Å². The van der Waals surface area contributed by atoms with Crippen LogP contribution < -0.4 is 15.5 Å². The lowest BCUT2D eigenvalue weighted by Crippen LogP contribution is -2.54. The molecule has 4 amide bonds. The second-order valence-corrected chi connectivity index (χ2v) is 13.4. The number of carbonyl (C=O) groups is 3. The maximum absolute atomic E-state index is 14.0. The van der Waals surface area contributed by atoms with Gasteiger partial charge in [0.25, 0.3) is 5.91 Å². The van der Waals surface area contributed by atoms with Crippen molar-refractivity contribution in [2.75, 3.05) is 68.4 Å². The fourth-order valence-corrected chi connectivity index (χ4v) is 7.82. The SMILES string of the molecule is CNc1c(Cl)cc(C[C@@H](OC(=O)N2CCC(N3CCc4cscc4NC3=O)CC2)C(=O)N2CCN(c3ccncc3)CC2)cc1C(F)(F)F. The maximum atomic E-state index is 14.0. The molecule has 0 unspecified atom stereocenters. The zero-order valence-electron chi connectivity index (χ0n) is 26.8. The highest BCUT2D eigenvalue weighted by atomic mass is 35.5. The Morgan fingerprint density at radius 3 is 2.45 bits per heavy atom. The molecule has 49 heavy (non-hydrogen) atoms. The molecule has 2 N–H and O–H groups in total. The third kappa shape index (κ3) is 7.82. The molecule has 2 saturated heterocycles. The van der Waals surface area contributed by atoms with E-state index in [-0.39, 0.29) is 34.8 Å². The van der Waals surface area contributed by atoms with Gasteiger partial charge in [-0.1, -0.05) is 11.6 Å². The summed E-state index contributed by atoms with van der Waals surface area (Å²) in [6, 6.07) is 5.79. The van der Waals surface area contributed by atoms with Gasteiger partial charge in [0.1, 0.15) is 0 Å². The minimum absolute atomic E-state index is 0.0838. The van der Waals surface area contributed by atoms with E-state index < -0.39 is 29.8 Å². The number of alkyl halides is 3. The molecule has 16 heteroatoms. The Morgan fingerprint density at radius 2 is 1.78 bits per heavy atom. The monoisotopic (exact) mass is 719 g/mol. The Labute approximate surface area is 290 Å². The van der Waals surface area contributed by atoms with Crippen LogP contribution in [-0.4, -0.2) is 103 Å². The Balaban J connectivity index is 1.15. The highest BCUT2D eigenvalue weighted by molar-refractivity contribution is 7.08. The van der Waals surface area contributed by atoms with Crippen molar-refractivity contribution in [3.8, 4) is 0 Å². The van der Waals surface area contributed by atoms with Gasteiger partial charge in [-0.2, -0.15) is 13.2 Å². The third-order valence-electron chi connectivity index (χ3n) is 9.29. The van der Waals surface area contributed by atoms with E-state index in [0.29, 0.717) is 58.7 Å². The molecule has 1 aromatic carbocycles. The van der Waals surface area contributed by atoms with Gasteiger partial charge in [0.15, 0.2) is 6.10 Å². The number of amides is 4. The van der Waals surface area contributed by atoms with Gasteiger partial charge in [-0.25, -0.2) is 9.59 Å². The van der Waals surface area contributed by atoms with Gasteiger partial charge in [0.2, 0.25) is 0 Å². The van der Waals surface area contributed by atoms with Crippen LogP contribution in [0.15, 0.2) is 47.4 Å². The number of urea groups is 1. The zero-order valence-corrected chi connectivity index (χ0v) is 28.4. The van der Waals surface area contributed by atoms with Crippen molar-refractivity contribution < 1.29 is 32.3 Å². The second-order valence-electron chi connectivity index (χ2n) is 12.2. The number of nitrogens with zero attached hydrogens (tertiary/aromatic N) is 5. The summed E-state index contributed by atoms with van der Waals surface area (Å²) in [6.45, 7) is 2.84. The third-order valence-corrected chi connectivity index (χ3v) is 10.4. The average molecular weight is 720 g/mol. The number of hydrogen-bond donors (Lipinski definition) is 2. The minimum atomic E-state index is -4.71. The molecule has 0 bridgehead atoms. The fourth-order valence-electron chi connectivity index (χ4n) is 6.66. The summed E-state index contributed by atoms with van der Waals surface area (Å²) in [5.74, 6) is -0.492. The second kappa shape index (κ2) is 14.7. The van der Waals surface area contributed by atoms with Crippen LogP contribution in [0.2, 0.25) is 5.02 Å². The van der Waals surface area contributed by atoms with Crippen molar-refractivity contribution in [3.63, 3.8) is 0 Å². The number of benzene rings is 1. The van der Waals surface area contributed by atoms with Gasteiger partial charge in [-0.3, -0.25) is 9.78 Å². The van der Waals surface area contributed by atoms with Crippen molar-refractivity contribution in [2.45, 2.75) is 44.0 Å². The van der Waals surface area contributed by atoms with Gasteiger partial charge in [0, 0.05) is 88.8 Å². The molecule has 11 nitrogen and oxygen atoms in total. The van der Waals surface area contributed by atoms with Crippen molar-refractivity contribution in [3.05, 3.63) is 69.1 Å². The lowest BCUT2D eigenvalue weighted by atomic mass is 10.0. The van der Waals surface area contributed by atoms with Gasteiger partial charge in [-0.15, -0.1) is 11.3 Å². The van der Waals surface area contributed by atoms with Crippen LogP contribution in [0.4, 0.5) is 39.8 Å². The Bertz CT molecular complexity index is 1660. The number of hydrogen-bond acceptors (Lipinski definition) is 8. The summed E-state index contributed by atoms with van der Waals surface area (Å²) in [6.07, 6.45) is -1.99. The van der Waals surface area contributed by atoms with Crippen molar-refractivity contribution in [1.29, 1.82) is 0 Å². The summed E-state index contributed by atoms with van der Waals surface area (Å²) in [5, 5.41) is 9.26. The van der Waals surface area contributed by atoms with Gasteiger partial charge < -0.3 is 35.0 Å². The number of rotatable bonds is 7. The number of halogens is 4. The zero-order chi connectivity index (χ0) is 34.7. The van der Waals surface area contributed by atoms with Crippen LogP contribution in [0.5, 0.6) is 0 Å². The number of thiophene rings is 1. The average Bonchev–Trinajstić information content (AvgIpc) is 3.47. The van der Waals surface area contributed by atoms with Crippen LogP contribution in [0.3, 0.4) is 0 Å². The molecule has 0 spiro atoms. The molecule has 0 radical (unpaired) electrons. The van der Waals surface area contributed by atoms with E-state index in [1.165, 1.54) is 18.0 Å². The van der Waals surface area contributed by atoms with Crippen LogP contribution in [0, 0.1) is 0 Å². The molecule has 3 aliphatic rings. The van der Waals surface area contributed by atoms with Crippen LogP contribution >= 0.6 is 22.9 Å². The maximum Gasteiger partial charge on any atom is 0.418 e. The first kappa shape index (κ1) is 34.6. The first-order valence-electron chi connectivity index (χ1n) is 16.1. The van der Waals surface area contributed by atoms with E-state index in [1.807, 2.05) is 27.8 Å². The number of nitrogens with one attached hydrogen (secondary N) is 2. The van der Waals surface area contributed by atoms with E-state index in [4.69, 9.17) is 16.3 Å². The predicted molar refractivity (Wildman–Crippen MR) is 181 cm³/mol. The molecule has 2 aromatic heterocycles. The molecule has 0 saturated carbocycles. The highest BCUT2D eigenvalue weighted by Crippen LogP contribution is 2.40. The summed E-state index contributed by atoms with van der Waals surface area (Å²) in [5.41, 5.74) is 1.74. The van der Waals surface area contributed by atoms with Gasteiger partial charge in [0.05, 0.1) is 22.0 Å². The van der Waals surface area contributed by atoms with Crippen molar-refractivity contribution >= 4 is 58.0 Å². The first-order chi connectivity index (χ1) is 23.5. The molecule has 262 valence electrons. The molecule has 3 aliphatic heterocycles. The van der Waals surface area contributed by atoms with E-state index in [0.717, 1.165) is 29.4 Å². The number of anilines is 3. The smallest absolute Gasteiger partial charge is 0.418 e. The van der Waals surface area contributed by atoms with E-state index in [2.05, 4.69) is 20.5 Å². The lowest BCUT2D eigenvalue weighted by molar-refractivity contribution is -0.141. The number of piperidine rings is 1. The number of fused-ring (bicyclic) bond motifs is 1. The molecule has 3 aromatic rings. The Hall–Kier alpha value is -4.24. The Morgan fingerprint density at radius 1 is 1.06 bits per heavy atom. The molecule has 0 aliphatic carbocycles. The number of carbonyl (C=O) groups excluding carboxylic acids is 3. The van der Waals surface area contributed by atoms with Crippen molar-refractivity contribution in [2.24, 2.45) is 0 Å². The standard InChI is InChI=1S/C33H37ClF3N7O4S/c1-38-29-25(33(35,36)37)16-21(17-26(29)34)18-28(30(45)42-14-12-41(13-15-42)23-2-7-39-8-3-23)48-32(47)43-9-5-24(6-10-43)44-11-4-22-19-49-20-27(22)40-31(44)46/h2-3,7-8,16-17,19-20,24,28,38H,4-6,9-15,18H2,1H3,(H,40,46)/t28-/m1/s1. The van der Waals surface area contributed by atoms with Crippen LogP contribution in [0.25, 0.3) is 0 Å². The number of ether oxygens (including phenoxy) is 1. The number of aromatic nitrogens is 1. The Kier molecular flexibility index (Phi) is 10.4. The largest absolute Gasteiger partial charge is 0.436 e. The van der Waals surface area contributed by atoms with E-state index in [9.17, 15) is 27.6 Å². The number of likely N-dealkylation sites (tertiary alicyclic amines) is 1. The number of piperazine rings is 1. The summed E-state index contributed by atoms with van der Waals surface area (Å²) < 4.78 is 47.8. The molecule has 6 rings (SSSR count). The first-order valence-corrected chi connectivity index (χ1v) is 17.4. The minimum Gasteiger partial charge on any atom is -0.436 e. The van der Waals surface area contributed by atoms with Gasteiger partial charge in [-0.05, 0) is 60.0 Å². The molecule has 5 heterocycles. The molecule has 1 atom stereocenters. The van der Waals surface area contributed by atoms with Crippen LogP contribution in [0.1, 0.15) is 29.5 Å². The molecular formula is C33H37ClF3N7O4S. The number of pyridine rings is 1. The highest BCUT2D eigenvalue weighted by Gasteiger charge is 2.38. The summed E-state index contributed by atoms with van der Waals surface area (Å²) in [7, 11) is 1.34. The van der Waals surface area contributed by atoms with E-state index in [1.54, 1.807) is 28.6 Å². The predicted octanol–water partition coefficient (Wildman–Crippen LogP) is 5.81. The quantitative estimate of drug-likeness (QED) is 0.317.